The number of benzene rings is 1. The molecule has 2 N–H and O–H groups in total. The van der Waals surface area contributed by atoms with Crippen molar-refractivity contribution in [3.63, 3.8) is 0 Å². The molecule has 1 heterocycles. The summed E-state index contributed by atoms with van der Waals surface area (Å²) in [5, 5.41) is 9.00. The number of aromatic nitrogens is 1. The summed E-state index contributed by atoms with van der Waals surface area (Å²) in [6.07, 6.45) is 1.99. The fourth-order valence-corrected chi connectivity index (χ4v) is 2.56. The molecule has 0 saturated carbocycles. The van der Waals surface area contributed by atoms with Crippen LogP contribution in [0, 0.1) is 25.2 Å². The van der Waals surface area contributed by atoms with E-state index in [1.54, 1.807) is 6.08 Å². The van der Waals surface area contributed by atoms with Crippen LogP contribution in [0.3, 0.4) is 0 Å². The van der Waals surface area contributed by atoms with Crippen molar-refractivity contribution in [2.45, 2.75) is 26.9 Å². The highest BCUT2D eigenvalue weighted by Gasteiger charge is 2.05. The van der Waals surface area contributed by atoms with Gasteiger partial charge in [0, 0.05) is 17.5 Å². The Bertz CT molecular complexity index is 762. The molecule has 1 aromatic heterocycles. The Labute approximate surface area is 149 Å². The van der Waals surface area contributed by atoms with Crippen molar-refractivity contribution in [3.8, 4) is 6.07 Å². The molecule has 130 valence electrons. The smallest absolute Gasteiger partial charge is 0.109 e. The van der Waals surface area contributed by atoms with Gasteiger partial charge in [0.15, 0.2) is 0 Å². The Balaban J connectivity index is 1.94. The Kier molecular flexibility index (Phi) is 7.00. The fraction of sp³-hybridized carbons (Fsp3) is 0.300. The van der Waals surface area contributed by atoms with Gasteiger partial charge in [0.05, 0.1) is 38.0 Å². The summed E-state index contributed by atoms with van der Waals surface area (Å²) >= 11 is 0. The molecule has 0 amide bonds. The summed E-state index contributed by atoms with van der Waals surface area (Å²) in [4.78, 5) is 4.45. The van der Waals surface area contributed by atoms with E-state index in [4.69, 9.17) is 15.7 Å². The number of rotatable bonds is 8. The first kappa shape index (κ1) is 18.5. The highest BCUT2D eigenvalue weighted by Crippen LogP contribution is 2.11. The topological polar surface area (TPSA) is 76.3 Å². The average molecular weight is 336 g/mol. The van der Waals surface area contributed by atoms with Crippen LogP contribution in [0.2, 0.25) is 0 Å². The Morgan fingerprint density at radius 3 is 2.52 bits per heavy atom. The molecular formula is C20H24N4O. The highest BCUT2D eigenvalue weighted by molar-refractivity contribution is 5.99. The van der Waals surface area contributed by atoms with E-state index < -0.39 is 0 Å². The summed E-state index contributed by atoms with van der Waals surface area (Å²) in [6.45, 7) is 5.54. The minimum absolute atomic E-state index is 0.221. The number of nitrogens with two attached hydrogens (primary N) is 1. The highest BCUT2D eigenvalue weighted by atomic mass is 16.5. The quantitative estimate of drug-likeness (QED) is 0.592. The molecule has 25 heavy (non-hydrogen) atoms. The number of aryl methyl sites for hydroxylation is 2. The van der Waals surface area contributed by atoms with E-state index in [0.29, 0.717) is 31.3 Å². The van der Waals surface area contributed by atoms with E-state index in [9.17, 15) is 0 Å². The Hall–Kier alpha value is -2.84. The number of hydrogen-bond acceptors (Lipinski definition) is 4. The SMILES string of the molecule is Cc1ccc(C)n1C(N)=CC(CC#N)=NCCOCc1ccccc1. The Morgan fingerprint density at radius 1 is 1.20 bits per heavy atom. The lowest BCUT2D eigenvalue weighted by Crippen LogP contribution is -2.12. The molecule has 0 aliphatic carbocycles. The first-order valence-corrected chi connectivity index (χ1v) is 8.26. The molecule has 0 saturated heterocycles. The van der Waals surface area contributed by atoms with Gasteiger partial charge in [-0.05, 0) is 31.5 Å². The molecule has 5 heteroatoms. The maximum atomic E-state index is 9.00. The number of ether oxygens (including phenoxy) is 1. The molecule has 0 aliphatic heterocycles. The molecule has 2 rings (SSSR count). The van der Waals surface area contributed by atoms with Crippen LogP contribution < -0.4 is 5.73 Å². The van der Waals surface area contributed by atoms with Crippen molar-refractivity contribution >= 4 is 11.5 Å². The van der Waals surface area contributed by atoms with Gasteiger partial charge < -0.3 is 15.0 Å². The zero-order valence-electron chi connectivity index (χ0n) is 14.8. The van der Waals surface area contributed by atoms with Gasteiger partial charge >= 0.3 is 0 Å². The lowest BCUT2D eigenvalue weighted by molar-refractivity contribution is 0.128. The monoisotopic (exact) mass is 336 g/mol. The van der Waals surface area contributed by atoms with Gasteiger partial charge in [-0.1, -0.05) is 30.3 Å². The van der Waals surface area contributed by atoms with E-state index in [1.165, 1.54) is 0 Å². The molecule has 0 spiro atoms. The van der Waals surface area contributed by atoms with Gasteiger partial charge in [0.1, 0.15) is 5.82 Å². The summed E-state index contributed by atoms with van der Waals surface area (Å²) in [5.74, 6) is 0.569. The first-order chi connectivity index (χ1) is 12.1. The van der Waals surface area contributed by atoms with Crippen LogP contribution >= 0.6 is 0 Å². The van der Waals surface area contributed by atoms with E-state index in [0.717, 1.165) is 17.0 Å². The maximum Gasteiger partial charge on any atom is 0.109 e. The number of aliphatic imine (C=N–C) groups is 1. The molecule has 0 radical (unpaired) electrons. The minimum Gasteiger partial charge on any atom is -0.385 e. The van der Waals surface area contributed by atoms with Gasteiger partial charge in [-0.25, -0.2) is 0 Å². The molecule has 0 unspecified atom stereocenters. The standard InChI is InChI=1S/C20H24N4O/c1-16-8-9-17(2)24(16)20(22)14-19(10-11-21)23-12-13-25-15-18-6-4-3-5-7-18/h3-9,14H,10,12-13,15,22H2,1-2H3. The normalized spacial score (nSPS) is 12.2. The van der Waals surface area contributed by atoms with Gasteiger partial charge in [0.25, 0.3) is 0 Å². The molecular weight excluding hydrogens is 312 g/mol. The summed E-state index contributed by atoms with van der Waals surface area (Å²) in [7, 11) is 0. The van der Waals surface area contributed by atoms with Gasteiger partial charge in [-0.3, -0.25) is 4.99 Å². The van der Waals surface area contributed by atoms with Gasteiger partial charge in [-0.2, -0.15) is 5.26 Å². The maximum absolute atomic E-state index is 9.00. The Morgan fingerprint density at radius 2 is 1.88 bits per heavy atom. The van der Waals surface area contributed by atoms with Crippen molar-refractivity contribution in [2.24, 2.45) is 10.7 Å². The number of allylic oxidation sites excluding steroid dienone is 1. The third kappa shape index (κ3) is 5.63. The summed E-state index contributed by atoms with van der Waals surface area (Å²) in [6, 6.07) is 16.1. The van der Waals surface area contributed by atoms with E-state index in [2.05, 4.69) is 11.1 Å². The van der Waals surface area contributed by atoms with Crippen molar-refractivity contribution in [1.82, 2.24) is 4.57 Å². The number of nitrogens with zero attached hydrogens (tertiary/aromatic N) is 3. The number of hydrogen-bond donors (Lipinski definition) is 1. The molecule has 0 atom stereocenters. The van der Waals surface area contributed by atoms with Gasteiger partial charge in [0.2, 0.25) is 0 Å². The van der Waals surface area contributed by atoms with Crippen molar-refractivity contribution in [3.05, 3.63) is 65.5 Å². The third-order valence-electron chi connectivity index (χ3n) is 3.77. The zero-order chi connectivity index (χ0) is 18.1. The van der Waals surface area contributed by atoms with Crippen LogP contribution in [0.5, 0.6) is 0 Å². The molecule has 1 aromatic carbocycles. The van der Waals surface area contributed by atoms with Crippen LogP contribution in [-0.2, 0) is 11.3 Å². The van der Waals surface area contributed by atoms with Crippen LogP contribution in [0.4, 0.5) is 0 Å². The first-order valence-electron chi connectivity index (χ1n) is 8.26. The second-order valence-electron chi connectivity index (χ2n) is 5.77. The lowest BCUT2D eigenvalue weighted by Gasteiger charge is -2.09. The van der Waals surface area contributed by atoms with E-state index in [1.807, 2.05) is 60.9 Å². The molecule has 2 aromatic rings. The van der Waals surface area contributed by atoms with Gasteiger partial charge in [-0.15, -0.1) is 0 Å². The summed E-state index contributed by atoms with van der Waals surface area (Å²) < 4.78 is 7.56. The molecule has 0 bridgehead atoms. The second kappa shape index (κ2) is 9.45. The van der Waals surface area contributed by atoms with Crippen LogP contribution in [0.25, 0.3) is 5.82 Å². The molecule has 0 fully saturated rings. The zero-order valence-corrected chi connectivity index (χ0v) is 14.8. The van der Waals surface area contributed by atoms with Crippen molar-refractivity contribution in [1.29, 1.82) is 5.26 Å². The lowest BCUT2D eigenvalue weighted by atomic mass is 10.2. The predicted molar refractivity (Wildman–Crippen MR) is 101 cm³/mol. The van der Waals surface area contributed by atoms with Crippen LogP contribution in [-0.4, -0.2) is 23.4 Å². The predicted octanol–water partition coefficient (Wildman–Crippen LogP) is 3.43. The second-order valence-corrected chi connectivity index (χ2v) is 5.77. The molecule has 5 nitrogen and oxygen atoms in total. The average Bonchev–Trinajstić information content (AvgIpc) is 2.94. The number of nitriles is 1. The molecule has 0 aliphatic rings. The largest absolute Gasteiger partial charge is 0.385 e. The fourth-order valence-electron chi connectivity index (χ4n) is 2.56. The van der Waals surface area contributed by atoms with Crippen molar-refractivity contribution in [2.75, 3.05) is 13.2 Å². The summed E-state index contributed by atoms with van der Waals surface area (Å²) in [5.41, 5.74) is 10.1. The van der Waals surface area contributed by atoms with E-state index in [-0.39, 0.29) is 6.42 Å². The minimum atomic E-state index is 0.221. The van der Waals surface area contributed by atoms with Crippen LogP contribution in [0.1, 0.15) is 23.4 Å². The third-order valence-corrected chi connectivity index (χ3v) is 3.77. The van der Waals surface area contributed by atoms with E-state index >= 15 is 0 Å². The van der Waals surface area contributed by atoms with Crippen molar-refractivity contribution < 1.29 is 4.74 Å². The van der Waals surface area contributed by atoms with Crippen LogP contribution in [0.15, 0.2) is 53.5 Å².